The van der Waals surface area contributed by atoms with Gasteiger partial charge in [0.25, 0.3) is 0 Å². The lowest BCUT2D eigenvalue weighted by molar-refractivity contribution is -0.00749. The van der Waals surface area contributed by atoms with Crippen molar-refractivity contribution < 1.29 is 0 Å². The smallest absolute Gasteiger partial charge is 0.0716 e. The van der Waals surface area contributed by atoms with Crippen LogP contribution in [-0.4, -0.2) is 16.7 Å². The molecule has 1 heterocycles. The summed E-state index contributed by atoms with van der Waals surface area (Å²) < 4.78 is 0. The van der Waals surface area contributed by atoms with E-state index in [0.717, 1.165) is 24.2 Å². The molecule has 3 nitrogen and oxygen atoms in total. The van der Waals surface area contributed by atoms with Gasteiger partial charge in [0, 0.05) is 17.5 Å². The van der Waals surface area contributed by atoms with Crippen LogP contribution in [0.5, 0.6) is 0 Å². The molecule has 0 aliphatic heterocycles. The maximum atomic E-state index is 5.70. The summed E-state index contributed by atoms with van der Waals surface area (Å²) in [6, 6.07) is 0. The van der Waals surface area contributed by atoms with Gasteiger partial charge in [-0.3, -0.25) is 5.10 Å². The van der Waals surface area contributed by atoms with Gasteiger partial charge in [-0.25, -0.2) is 0 Å². The van der Waals surface area contributed by atoms with Crippen LogP contribution in [0.3, 0.4) is 0 Å². The topological polar surface area (TPSA) is 54.7 Å². The lowest BCUT2D eigenvalue weighted by atomic mass is 9.48. The Morgan fingerprint density at radius 1 is 1.16 bits per heavy atom. The first-order chi connectivity index (χ1) is 9.20. The minimum Gasteiger partial charge on any atom is -0.330 e. The number of nitrogens with one attached hydrogen (secondary N) is 1. The van der Waals surface area contributed by atoms with Crippen molar-refractivity contribution in [1.82, 2.24) is 10.2 Å². The van der Waals surface area contributed by atoms with E-state index in [2.05, 4.69) is 12.0 Å². The van der Waals surface area contributed by atoms with Gasteiger partial charge < -0.3 is 5.73 Å². The fourth-order valence-electron chi connectivity index (χ4n) is 5.74. The zero-order valence-electron chi connectivity index (χ0n) is 11.9. The highest BCUT2D eigenvalue weighted by Crippen LogP contribution is 2.60. The van der Waals surface area contributed by atoms with Crippen molar-refractivity contribution in [2.45, 2.75) is 57.3 Å². The highest BCUT2D eigenvalue weighted by molar-refractivity contribution is 5.33. The molecule has 0 saturated heterocycles. The third-order valence-corrected chi connectivity index (χ3v) is 6.05. The van der Waals surface area contributed by atoms with Crippen molar-refractivity contribution in [3.63, 3.8) is 0 Å². The van der Waals surface area contributed by atoms with Crippen LogP contribution in [-0.2, 0) is 11.8 Å². The Labute approximate surface area is 115 Å². The fraction of sp³-hybridized carbons (Fsp3) is 0.812. The van der Waals surface area contributed by atoms with Gasteiger partial charge in [-0.05, 0) is 75.3 Å². The van der Waals surface area contributed by atoms with Crippen molar-refractivity contribution in [3.05, 3.63) is 17.0 Å². The number of nitrogens with zero attached hydrogens (tertiary/aromatic N) is 1. The van der Waals surface area contributed by atoms with Gasteiger partial charge in [-0.2, -0.15) is 5.10 Å². The number of hydrogen-bond acceptors (Lipinski definition) is 2. The van der Waals surface area contributed by atoms with Gasteiger partial charge >= 0.3 is 0 Å². The van der Waals surface area contributed by atoms with Crippen molar-refractivity contribution >= 4 is 0 Å². The van der Waals surface area contributed by atoms with Crippen LogP contribution in [0.25, 0.3) is 0 Å². The van der Waals surface area contributed by atoms with Crippen LogP contribution < -0.4 is 5.73 Å². The summed E-state index contributed by atoms with van der Waals surface area (Å²) in [6.45, 7) is 2.96. The largest absolute Gasteiger partial charge is 0.330 e. The Morgan fingerprint density at radius 2 is 1.74 bits per heavy atom. The minimum absolute atomic E-state index is 0.419. The maximum Gasteiger partial charge on any atom is 0.0716 e. The first-order valence-corrected chi connectivity index (χ1v) is 7.94. The molecule has 0 unspecified atom stereocenters. The number of rotatable bonds is 3. The van der Waals surface area contributed by atoms with Crippen LogP contribution in [0.1, 0.15) is 55.5 Å². The summed E-state index contributed by atoms with van der Waals surface area (Å²) in [6.07, 6.45) is 9.62. The fourth-order valence-corrected chi connectivity index (χ4v) is 5.74. The summed E-state index contributed by atoms with van der Waals surface area (Å²) in [5.74, 6) is 2.96. The van der Waals surface area contributed by atoms with Gasteiger partial charge in [0.1, 0.15) is 0 Å². The average Bonchev–Trinajstić information content (AvgIpc) is 2.70. The Kier molecular flexibility index (Phi) is 2.57. The second-order valence-corrected chi connectivity index (χ2v) is 7.41. The van der Waals surface area contributed by atoms with Gasteiger partial charge in [0.15, 0.2) is 0 Å². The van der Waals surface area contributed by atoms with E-state index in [-0.39, 0.29) is 0 Å². The molecule has 1 aromatic rings. The summed E-state index contributed by atoms with van der Waals surface area (Å²) in [5, 5.41) is 8.01. The van der Waals surface area contributed by atoms with E-state index in [1.54, 1.807) is 0 Å². The third-order valence-electron chi connectivity index (χ3n) is 6.05. The molecule has 0 amide bonds. The first-order valence-electron chi connectivity index (χ1n) is 7.94. The van der Waals surface area contributed by atoms with E-state index < -0.39 is 0 Å². The molecule has 5 rings (SSSR count). The number of nitrogens with two attached hydrogens (primary N) is 1. The molecule has 0 atom stereocenters. The molecular formula is C16H25N3. The van der Waals surface area contributed by atoms with Gasteiger partial charge in [-0.1, -0.05) is 0 Å². The predicted octanol–water partition coefficient (Wildman–Crippen LogP) is 2.69. The van der Waals surface area contributed by atoms with Crippen molar-refractivity contribution in [2.24, 2.45) is 23.5 Å². The molecule has 4 aliphatic rings. The van der Waals surface area contributed by atoms with Gasteiger partial charge in [0.05, 0.1) is 5.69 Å². The predicted molar refractivity (Wildman–Crippen MR) is 75.9 cm³/mol. The number of aromatic amines is 1. The Morgan fingerprint density at radius 3 is 2.26 bits per heavy atom. The third kappa shape index (κ3) is 1.70. The van der Waals surface area contributed by atoms with Crippen LogP contribution >= 0.6 is 0 Å². The van der Waals surface area contributed by atoms with E-state index in [1.165, 1.54) is 55.5 Å². The second kappa shape index (κ2) is 4.08. The lowest BCUT2D eigenvalue weighted by Crippen LogP contribution is -2.49. The summed E-state index contributed by atoms with van der Waals surface area (Å²) in [5.41, 5.74) is 10.2. The standard InChI is InChI=1S/C16H25N3/c1-10-14(2-3-17)18-19-15(10)16-7-11-4-12(8-16)6-13(5-11)9-16/h11-13H,2-9,17H2,1H3,(H,18,19). The van der Waals surface area contributed by atoms with E-state index in [9.17, 15) is 0 Å². The quantitative estimate of drug-likeness (QED) is 0.877. The zero-order chi connectivity index (χ0) is 13.0. The Balaban J connectivity index is 1.71. The molecule has 3 heteroatoms. The number of H-pyrrole nitrogens is 1. The first kappa shape index (κ1) is 12.0. The minimum atomic E-state index is 0.419. The molecule has 4 bridgehead atoms. The summed E-state index contributed by atoms with van der Waals surface area (Å²) >= 11 is 0. The van der Waals surface area contributed by atoms with Crippen molar-refractivity contribution in [1.29, 1.82) is 0 Å². The van der Waals surface area contributed by atoms with Crippen LogP contribution in [0.15, 0.2) is 0 Å². The molecular weight excluding hydrogens is 234 g/mol. The molecule has 4 fully saturated rings. The lowest BCUT2D eigenvalue weighted by Gasteiger charge is -2.56. The highest BCUT2D eigenvalue weighted by Gasteiger charge is 2.53. The van der Waals surface area contributed by atoms with Gasteiger partial charge in [-0.15, -0.1) is 0 Å². The SMILES string of the molecule is Cc1c(C23CC4CC(CC(C4)C2)C3)n[nH]c1CCN. The van der Waals surface area contributed by atoms with E-state index in [4.69, 9.17) is 10.8 Å². The van der Waals surface area contributed by atoms with Crippen LogP contribution in [0.2, 0.25) is 0 Å². The summed E-state index contributed by atoms with van der Waals surface area (Å²) in [4.78, 5) is 0. The monoisotopic (exact) mass is 259 g/mol. The van der Waals surface area contributed by atoms with Crippen LogP contribution in [0.4, 0.5) is 0 Å². The number of aromatic nitrogens is 2. The zero-order valence-corrected chi connectivity index (χ0v) is 11.9. The van der Waals surface area contributed by atoms with Crippen molar-refractivity contribution in [2.75, 3.05) is 6.54 Å². The molecule has 4 saturated carbocycles. The molecule has 19 heavy (non-hydrogen) atoms. The second-order valence-electron chi connectivity index (χ2n) is 7.41. The Hall–Kier alpha value is -0.830. The molecule has 0 spiro atoms. The Bertz CT molecular complexity index is 453. The molecule has 3 N–H and O–H groups in total. The molecule has 0 radical (unpaired) electrons. The van der Waals surface area contributed by atoms with Gasteiger partial charge in [0.2, 0.25) is 0 Å². The van der Waals surface area contributed by atoms with E-state index in [0.29, 0.717) is 12.0 Å². The van der Waals surface area contributed by atoms with Crippen molar-refractivity contribution in [3.8, 4) is 0 Å². The maximum absolute atomic E-state index is 5.70. The normalized spacial score (nSPS) is 40.0. The average molecular weight is 259 g/mol. The molecule has 1 aromatic heterocycles. The molecule has 104 valence electrons. The molecule has 4 aliphatic carbocycles. The van der Waals surface area contributed by atoms with E-state index in [1.807, 2.05) is 0 Å². The van der Waals surface area contributed by atoms with E-state index >= 15 is 0 Å². The summed E-state index contributed by atoms with van der Waals surface area (Å²) in [7, 11) is 0. The number of hydrogen-bond donors (Lipinski definition) is 2. The highest BCUT2D eigenvalue weighted by atomic mass is 15.1. The molecule has 0 aromatic carbocycles. The van der Waals surface area contributed by atoms with Crippen LogP contribution in [0, 0.1) is 24.7 Å².